The van der Waals surface area contributed by atoms with Crippen LogP contribution in [0.4, 0.5) is 5.69 Å². The third-order valence-corrected chi connectivity index (χ3v) is 4.34. The average molecular weight is 330 g/mol. The first-order chi connectivity index (χ1) is 11.5. The summed E-state index contributed by atoms with van der Waals surface area (Å²) in [5, 5.41) is 0. The Morgan fingerprint density at radius 1 is 1.21 bits per heavy atom. The van der Waals surface area contributed by atoms with Crippen LogP contribution >= 0.6 is 0 Å². The minimum atomic E-state index is -0.295. The number of hydrogen-bond donors (Lipinski definition) is 0. The summed E-state index contributed by atoms with van der Waals surface area (Å²) in [7, 11) is 0. The Labute approximate surface area is 143 Å². The van der Waals surface area contributed by atoms with Crippen LogP contribution in [0.3, 0.4) is 0 Å². The summed E-state index contributed by atoms with van der Waals surface area (Å²) in [5.74, 6) is -0.316. The van der Waals surface area contributed by atoms with Gasteiger partial charge in [-0.15, -0.1) is 0 Å². The molecule has 130 valence electrons. The molecule has 1 heterocycles. The summed E-state index contributed by atoms with van der Waals surface area (Å²) in [4.78, 5) is 40.1. The lowest BCUT2D eigenvalue weighted by molar-refractivity contribution is -0.135. The Kier molecular flexibility index (Phi) is 6.12. The smallest absolute Gasteiger partial charge is 0.228 e. The minimum Gasteiger partial charge on any atom is -0.342 e. The molecule has 0 aromatic heterocycles. The van der Waals surface area contributed by atoms with Crippen LogP contribution in [0.2, 0.25) is 0 Å². The van der Waals surface area contributed by atoms with E-state index in [0.717, 1.165) is 25.9 Å². The van der Waals surface area contributed by atoms with Gasteiger partial charge in [-0.25, -0.2) is 0 Å². The fourth-order valence-electron chi connectivity index (χ4n) is 3.15. The molecule has 0 N–H and O–H groups in total. The molecule has 5 heteroatoms. The molecule has 1 aromatic rings. The van der Waals surface area contributed by atoms with Crippen molar-refractivity contribution in [2.75, 3.05) is 24.5 Å². The van der Waals surface area contributed by atoms with E-state index in [1.54, 1.807) is 23.1 Å². The number of Topliss-reactive ketones (excluding diaryl/α,β-unsaturated/α-hetero) is 1. The third-order valence-electron chi connectivity index (χ3n) is 4.34. The van der Waals surface area contributed by atoms with Crippen molar-refractivity contribution in [3.8, 4) is 0 Å². The lowest BCUT2D eigenvalue weighted by Gasteiger charge is -2.25. The quantitative estimate of drug-likeness (QED) is 0.722. The van der Waals surface area contributed by atoms with E-state index < -0.39 is 0 Å². The number of carbonyl (C=O) groups is 3. The number of amides is 2. The standard InChI is InChI=1S/C19H26N2O3/c1-4-9-20(10-5-2)19(24)16-12-18(23)21(13-16)17-8-6-7-15(11-17)14(3)22/h6-8,11,16H,4-5,9-10,12-13H2,1-3H3. The van der Waals surface area contributed by atoms with Gasteiger partial charge in [-0.3, -0.25) is 14.4 Å². The fourth-order valence-corrected chi connectivity index (χ4v) is 3.15. The predicted molar refractivity (Wildman–Crippen MR) is 94.1 cm³/mol. The molecule has 0 radical (unpaired) electrons. The largest absolute Gasteiger partial charge is 0.342 e. The Hall–Kier alpha value is -2.17. The third kappa shape index (κ3) is 4.02. The second-order valence-corrected chi connectivity index (χ2v) is 6.34. The number of hydrogen-bond acceptors (Lipinski definition) is 3. The van der Waals surface area contributed by atoms with E-state index in [-0.39, 0.29) is 29.9 Å². The maximum absolute atomic E-state index is 12.7. The number of rotatable bonds is 7. The van der Waals surface area contributed by atoms with Gasteiger partial charge in [0, 0.05) is 37.3 Å². The van der Waals surface area contributed by atoms with E-state index in [4.69, 9.17) is 0 Å². The first-order valence-corrected chi connectivity index (χ1v) is 8.68. The van der Waals surface area contributed by atoms with E-state index in [0.29, 0.717) is 17.8 Å². The Bertz CT molecular complexity index is 621. The van der Waals surface area contributed by atoms with Gasteiger partial charge in [0.25, 0.3) is 0 Å². The topological polar surface area (TPSA) is 57.7 Å². The summed E-state index contributed by atoms with van der Waals surface area (Å²) in [6.07, 6.45) is 2.07. The first-order valence-electron chi connectivity index (χ1n) is 8.68. The molecule has 0 bridgehead atoms. The zero-order chi connectivity index (χ0) is 17.7. The maximum Gasteiger partial charge on any atom is 0.228 e. The van der Waals surface area contributed by atoms with E-state index in [1.165, 1.54) is 6.92 Å². The molecular formula is C19H26N2O3. The molecule has 0 aliphatic carbocycles. The highest BCUT2D eigenvalue weighted by Crippen LogP contribution is 2.27. The average Bonchev–Trinajstić information content (AvgIpc) is 2.96. The van der Waals surface area contributed by atoms with Crippen molar-refractivity contribution in [2.45, 2.75) is 40.0 Å². The molecular weight excluding hydrogens is 304 g/mol. The zero-order valence-electron chi connectivity index (χ0n) is 14.7. The molecule has 0 saturated carbocycles. The Morgan fingerprint density at radius 3 is 2.46 bits per heavy atom. The van der Waals surface area contributed by atoms with E-state index >= 15 is 0 Å². The van der Waals surface area contributed by atoms with Crippen LogP contribution in [0.15, 0.2) is 24.3 Å². The van der Waals surface area contributed by atoms with Gasteiger partial charge in [-0.05, 0) is 31.9 Å². The summed E-state index contributed by atoms with van der Waals surface area (Å²) >= 11 is 0. The fraction of sp³-hybridized carbons (Fsp3) is 0.526. The molecule has 2 rings (SSSR count). The van der Waals surface area contributed by atoms with Crippen molar-refractivity contribution < 1.29 is 14.4 Å². The highest BCUT2D eigenvalue weighted by Gasteiger charge is 2.37. The number of benzene rings is 1. The summed E-state index contributed by atoms with van der Waals surface area (Å²) < 4.78 is 0. The monoisotopic (exact) mass is 330 g/mol. The molecule has 24 heavy (non-hydrogen) atoms. The van der Waals surface area contributed by atoms with Gasteiger partial charge in [0.05, 0.1) is 5.92 Å². The second kappa shape index (κ2) is 8.08. The van der Waals surface area contributed by atoms with Gasteiger partial charge in [-0.2, -0.15) is 0 Å². The molecule has 1 saturated heterocycles. The van der Waals surface area contributed by atoms with E-state index in [2.05, 4.69) is 13.8 Å². The zero-order valence-corrected chi connectivity index (χ0v) is 14.7. The van der Waals surface area contributed by atoms with Crippen molar-refractivity contribution in [3.63, 3.8) is 0 Å². The number of carbonyl (C=O) groups excluding carboxylic acids is 3. The number of anilines is 1. The lowest BCUT2D eigenvalue weighted by Crippen LogP contribution is -2.38. The normalized spacial score (nSPS) is 17.2. The molecule has 5 nitrogen and oxygen atoms in total. The van der Waals surface area contributed by atoms with Gasteiger partial charge in [0.1, 0.15) is 0 Å². The van der Waals surface area contributed by atoms with Gasteiger partial charge in [0.15, 0.2) is 5.78 Å². The highest BCUT2D eigenvalue weighted by atomic mass is 16.2. The Balaban J connectivity index is 2.14. The molecule has 1 atom stereocenters. The van der Waals surface area contributed by atoms with Crippen LogP contribution in [0.25, 0.3) is 0 Å². The molecule has 2 amide bonds. The first kappa shape index (κ1) is 18.2. The number of nitrogens with zero attached hydrogens (tertiary/aromatic N) is 2. The molecule has 1 unspecified atom stereocenters. The second-order valence-electron chi connectivity index (χ2n) is 6.34. The Morgan fingerprint density at radius 2 is 1.88 bits per heavy atom. The molecule has 1 aliphatic heterocycles. The maximum atomic E-state index is 12.7. The summed E-state index contributed by atoms with van der Waals surface area (Å²) in [6, 6.07) is 7.05. The van der Waals surface area contributed by atoms with Crippen molar-refractivity contribution in [3.05, 3.63) is 29.8 Å². The molecule has 0 spiro atoms. The van der Waals surface area contributed by atoms with Crippen LogP contribution in [0, 0.1) is 5.92 Å². The van der Waals surface area contributed by atoms with Crippen molar-refractivity contribution in [1.29, 1.82) is 0 Å². The van der Waals surface area contributed by atoms with Crippen LogP contribution in [0.5, 0.6) is 0 Å². The van der Waals surface area contributed by atoms with Crippen LogP contribution < -0.4 is 4.90 Å². The summed E-state index contributed by atoms with van der Waals surface area (Å²) in [6.45, 7) is 7.46. The van der Waals surface area contributed by atoms with Crippen molar-refractivity contribution in [1.82, 2.24) is 4.90 Å². The van der Waals surface area contributed by atoms with Crippen LogP contribution in [-0.4, -0.2) is 42.1 Å². The van der Waals surface area contributed by atoms with Crippen molar-refractivity contribution >= 4 is 23.3 Å². The van der Waals surface area contributed by atoms with E-state index in [9.17, 15) is 14.4 Å². The van der Waals surface area contributed by atoms with E-state index in [1.807, 2.05) is 11.0 Å². The predicted octanol–water partition coefficient (Wildman–Crippen LogP) is 2.89. The summed E-state index contributed by atoms with van der Waals surface area (Å²) in [5.41, 5.74) is 1.27. The van der Waals surface area contributed by atoms with Gasteiger partial charge >= 0.3 is 0 Å². The molecule has 1 aliphatic rings. The SMILES string of the molecule is CCCN(CCC)C(=O)C1CC(=O)N(c2cccc(C(C)=O)c2)C1. The van der Waals surface area contributed by atoms with Gasteiger partial charge in [0.2, 0.25) is 11.8 Å². The molecule has 1 aromatic carbocycles. The number of ketones is 1. The van der Waals surface area contributed by atoms with Gasteiger partial charge in [-0.1, -0.05) is 26.0 Å². The minimum absolute atomic E-state index is 0.0341. The van der Waals surface area contributed by atoms with Crippen LogP contribution in [0.1, 0.15) is 50.4 Å². The van der Waals surface area contributed by atoms with Crippen LogP contribution in [-0.2, 0) is 9.59 Å². The van der Waals surface area contributed by atoms with Gasteiger partial charge < -0.3 is 9.80 Å². The lowest BCUT2D eigenvalue weighted by atomic mass is 10.1. The molecule has 1 fully saturated rings. The van der Waals surface area contributed by atoms with Crippen molar-refractivity contribution in [2.24, 2.45) is 5.92 Å². The highest BCUT2D eigenvalue weighted by molar-refractivity contribution is 6.02.